The van der Waals surface area contributed by atoms with Gasteiger partial charge in [0.05, 0.1) is 22.8 Å². The van der Waals surface area contributed by atoms with Crippen LogP contribution in [0.1, 0.15) is 52.7 Å². The number of aromatic amines is 2. The molecular weight excluding hydrogens is 384 g/mol. The number of ether oxygens (including phenoxy) is 1. The number of nitrogens with zero attached hydrogens (tertiary/aromatic N) is 2. The highest BCUT2D eigenvalue weighted by Gasteiger charge is 2.25. The van der Waals surface area contributed by atoms with Crippen LogP contribution in [0.4, 0.5) is 0 Å². The van der Waals surface area contributed by atoms with Crippen molar-refractivity contribution in [1.82, 2.24) is 19.9 Å². The van der Waals surface area contributed by atoms with E-state index in [4.69, 9.17) is 9.97 Å². The van der Waals surface area contributed by atoms with Crippen LogP contribution >= 0.6 is 0 Å². The topological polar surface area (TPSA) is 66.6 Å². The van der Waals surface area contributed by atoms with Gasteiger partial charge in [-0.1, -0.05) is 0 Å². The van der Waals surface area contributed by atoms with Gasteiger partial charge >= 0.3 is 0 Å². The molecule has 5 nitrogen and oxygen atoms in total. The van der Waals surface area contributed by atoms with E-state index >= 15 is 0 Å². The van der Waals surface area contributed by atoms with Gasteiger partial charge in [0.1, 0.15) is 0 Å². The van der Waals surface area contributed by atoms with Crippen LogP contribution in [-0.2, 0) is 4.74 Å². The highest BCUT2D eigenvalue weighted by Crippen LogP contribution is 2.42. The first-order valence-corrected chi connectivity index (χ1v) is 10.6. The molecule has 8 bridgehead atoms. The zero-order valence-electron chi connectivity index (χ0n) is 18.1. The molecule has 1 aliphatic carbocycles. The number of fused-ring (bicyclic) bond motifs is 8. The summed E-state index contributed by atoms with van der Waals surface area (Å²) in [5, 5.41) is 0. The smallest absolute Gasteiger partial charge is 0.0659 e. The van der Waals surface area contributed by atoms with Gasteiger partial charge in [-0.25, -0.2) is 9.97 Å². The summed E-state index contributed by atoms with van der Waals surface area (Å²) >= 11 is 0. The number of aryl methyl sites for hydroxylation is 1. The van der Waals surface area contributed by atoms with Crippen LogP contribution in [0.2, 0.25) is 0 Å². The van der Waals surface area contributed by atoms with Crippen LogP contribution in [-0.4, -0.2) is 34.2 Å². The molecule has 0 spiro atoms. The van der Waals surface area contributed by atoms with Crippen molar-refractivity contribution in [1.29, 1.82) is 0 Å². The van der Waals surface area contributed by atoms with Gasteiger partial charge in [-0.2, -0.15) is 0 Å². The molecule has 31 heavy (non-hydrogen) atoms. The van der Waals surface area contributed by atoms with E-state index in [1.165, 1.54) is 29.5 Å². The second-order valence-electron chi connectivity index (χ2n) is 8.26. The van der Waals surface area contributed by atoms with Crippen molar-refractivity contribution >= 4 is 46.4 Å². The molecule has 0 aromatic carbocycles. The lowest BCUT2D eigenvalue weighted by Gasteiger charge is -1.91. The number of H-pyrrole nitrogens is 2. The van der Waals surface area contributed by atoms with Gasteiger partial charge in [0, 0.05) is 36.3 Å². The van der Waals surface area contributed by atoms with E-state index in [-0.39, 0.29) is 0 Å². The average molecular weight is 411 g/mol. The molecule has 2 aliphatic heterocycles. The van der Waals surface area contributed by atoms with E-state index in [2.05, 4.69) is 64.1 Å². The molecule has 3 aromatic heterocycles. The Labute approximate surface area is 181 Å². The summed E-state index contributed by atoms with van der Waals surface area (Å²) in [5.41, 5.74) is 10.9. The monoisotopic (exact) mass is 410 g/mol. The summed E-state index contributed by atoms with van der Waals surface area (Å²) in [4.78, 5) is 16.6. The van der Waals surface area contributed by atoms with Crippen LogP contribution in [0.25, 0.3) is 46.4 Å². The highest BCUT2D eigenvalue weighted by molar-refractivity contribution is 5.79. The molecule has 5 heteroatoms. The van der Waals surface area contributed by atoms with E-state index in [1.807, 2.05) is 18.2 Å². The van der Waals surface area contributed by atoms with Gasteiger partial charge < -0.3 is 14.7 Å². The van der Waals surface area contributed by atoms with Crippen molar-refractivity contribution < 1.29 is 4.74 Å². The van der Waals surface area contributed by atoms with Crippen molar-refractivity contribution in [2.24, 2.45) is 0 Å². The summed E-state index contributed by atoms with van der Waals surface area (Å²) in [7, 11) is 3.25. The van der Waals surface area contributed by atoms with Gasteiger partial charge in [0.15, 0.2) is 0 Å². The number of methoxy groups -OCH3 is 1. The maximum absolute atomic E-state index is 4.76. The number of hydrogen-bond donors (Lipinski definition) is 2. The molecule has 1 fully saturated rings. The largest absolute Gasteiger partial charge is 0.388 e. The van der Waals surface area contributed by atoms with Gasteiger partial charge in [-0.15, -0.1) is 0 Å². The molecule has 0 saturated heterocycles. The summed E-state index contributed by atoms with van der Waals surface area (Å²) in [6.07, 6.45) is 10.7. The van der Waals surface area contributed by atoms with Crippen molar-refractivity contribution in [3.8, 4) is 0 Å². The molecular formula is C26H26N4O. The van der Waals surface area contributed by atoms with E-state index in [1.54, 1.807) is 14.2 Å². The zero-order chi connectivity index (χ0) is 21.4. The number of hydrogen-bond acceptors (Lipinski definition) is 3. The van der Waals surface area contributed by atoms with Crippen LogP contribution in [0.15, 0.2) is 36.4 Å². The molecule has 5 heterocycles. The van der Waals surface area contributed by atoms with E-state index in [9.17, 15) is 0 Å². The van der Waals surface area contributed by atoms with Gasteiger partial charge in [-0.05, 0) is 97.5 Å². The summed E-state index contributed by atoms with van der Waals surface area (Å²) in [6.45, 7) is 2.14. The lowest BCUT2D eigenvalue weighted by molar-refractivity contribution is 0.277. The van der Waals surface area contributed by atoms with Crippen LogP contribution in [0, 0.1) is 6.92 Å². The number of nitrogens with one attached hydrogen (secondary N) is 2. The summed E-state index contributed by atoms with van der Waals surface area (Å²) in [5.74, 6) is 0.674. The predicted octanol–water partition coefficient (Wildman–Crippen LogP) is 6.10. The first-order chi connectivity index (χ1) is 15.1. The molecule has 0 amide bonds. The normalized spacial score (nSPS) is 14.4. The van der Waals surface area contributed by atoms with Crippen LogP contribution in [0.3, 0.4) is 0 Å². The summed E-state index contributed by atoms with van der Waals surface area (Å²) in [6, 6.07) is 12.9. The Morgan fingerprint density at radius 2 is 1.26 bits per heavy atom. The van der Waals surface area contributed by atoms with Crippen LogP contribution < -0.4 is 0 Å². The first kappa shape index (κ1) is 19.5. The second-order valence-corrected chi connectivity index (χ2v) is 8.26. The first-order valence-electron chi connectivity index (χ1n) is 10.6. The minimum absolute atomic E-state index is 0.674. The maximum atomic E-state index is 4.76. The van der Waals surface area contributed by atoms with E-state index in [0.29, 0.717) is 5.92 Å². The van der Waals surface area contributed by atoms with Gasteiger partial charge in [0.2, 0.25) is 0 Å². The zero-order valence-corrected chi connectivity index (χ0v) is 18.1. The fourth-order valence-corrected chi connectivity index (χ4v) is 3.99. The Kier molecular flexibility index (Phi) is 5.04. The Morgan fingerprint density at radius 3 is 1.90 bits per heavy atom. The van der Waals surface area contributed by atoms with E-state index < -0.39 is 0 Å². The lowest BCUT2D eigenvalue weighted by Crippen LogP contribution is -1.78. The van der Waals surface area contributed by atoms with Gasteiger partial charge in [0.25, 0.3) is 0 Å². The Balaban J connectivity index is 0.000000646. The lowest BCUT2D eigenvalue weighted by atomic mass is 10.1. The van der Waals surface area contributed by atoms with Crippen molar-refractivity contribution in [2.75, 3.05) is 14.2 Å². The van der Waals surface area contributed by atoms with Crippen molar-refractivity contribution in [2.45, 2.75) is 25.7 Å². The SMILES string of the molecule is COC.Cc1cc2cc3nc(cc4nc(cc5[nH]c(cc5C5CC5)cc1[nH]2)C=C4)C=C3. The molecule has 0 unspecified atom stereocenters. The fourth-order valence-electron chi connectivity index (χ4n) is 3.99. The van der Waals surface area contributed by atoms with Crippen LogP contribution in [0.5, 0.6) is 0 Å². The summed E-state index contributed by atoms with van der Waals surface area (Å²) < 4.78 is 4.25. The molecule has 3 aromatic rings. The number of rotatable bonds is 1. The molecule has 156 valence electrons. The third kappa shape index (κ3) is 4.23. The van der Waals surface area contributed by atoms with Crippen molar-refractivity contribution in [3.63, 3.8) is 0 Å². The molecule has 6 rings (SSSR count). The number of aromatic nitrogens is 4. The predicted molar refractivity (Wildman–Crippen MR) is 129 cm³/mol. The molecule has 1 saturated carbocycles. The molecule has 0 atom stereocenters. The minimum Gasteiger partial charge on any atom is -0.388 e. The Morgan fingerprint density at radius 1 is 0.710 bits per heavy atom. The molecule has 2 N–H and O–H groups in total. The van der Waals surface area contributed by atoms with Gasteiger partial charge in [-0.3, -0.25) is 0 Å². The fraction of sp³-hybridized carbons (Fsp3) is 0.231. The maximum Gasteiger partial charge on any atom is 0.0659 e. The Bertz CT molecular complexity index is 1350. The second kappa shape index (κ2) is 8.00. The molecule has 0 radical (unpaired) electrons. The Hall–Kier alpha value is -3.44. The average Bonchev–Trinajstić information content (AvgIpc) is 3.02. The van der Waals surface area contributed by atoms with E-state index in [0.717, 1.165) is 39.3 Å². The third-order valence-electron chi connectivity index (χ3n) is 5.55. The standard InChI is InChI=1S/C24H20N4.C2H6O/c1-14-8-20-10-18-5-4-16(25-18)9-17-6-7-19(26-17)12-24-22(15-2-3-15)11-21(28-24)13-23(14)27-20;1-3-2/h4-13,15,27-28H,2-3H2,1H3;1-2H3. The quantitative estimate of drug-likeness (QED) is 0.351. The third-order valence-corrected chi connectivity index (χ3v) is 5.55. The molecule has 3 aliphatic rings. The minimum atomic E-state index is 0.674. The van der Waals surface area contributed by atoms with Crippen molar-refractivity contribution in [3.05, 3.63) is 70.3 Å². The highest BCUT2D eigenvalue weighted by atomic mass is 16.4.